The molecule has 150 valence electrons. The van der Waals surface area contributed by atoms with Gasteiger partial charge in [0.25, 0.3) is 0 Å². The molecule has 0 aliphatic carbocycles. The predicted octanol–water partition coefficient (Wildman–Crippen LogP) is 4.21. The predicted molar refractivity (Wildman–Crippen MR) is 119 cm³/mol. The second-order valence-corrected chi connectivity index (χ2v) is 8.30. The Hall–Kier alpha value is -2.44. The van der Waals surface area contributed by atoms with Crippen LogP contribution in [0.1, 0.15) is 6.92 Å². The lowest BCUT2D eigenvalue weighted by Crippen LogP contribution is -2.55. The third-order valence-electron chi connectivity index (χ3n) is 5.43. The van der Waals surface area contributed by atoms with Crippen LogP contribution in [-0.2, 0) is 4.79 Å². The van der Waals surface area contributed by atoms with E-state index in [0.29, 0.717) is 6.61 Å². The number of likely N-dealkylation sites (N-methyl/N-ethyl adjacent to an activating group) is 1. The van der Waals surface area contributed by atoms with Gasteiger partial charge in [-0.3, -0.25) is 9.69 Å². The van der Waals surface area contributed by atoms with Crippen LogP contribution in [0.3, 0.4) is 0 Å². The number of hydrogen-bond donors (Lipinski definition) is 0. The molecule has 1 amide bonds. The Morgan fingerprint density at radius 3 is 2.86 bits per heavy atom. The summed E-state index contributed by atoms with van der Waals surface area (Å²) < 4.78 is 7.03. The van der Waals surface area contributed by atoms with Crippen LogP contribution in [-0.4, -0.2) is 60.0 Å². The number of halogens is 1. The van der Waals surface area contributed by atoms with Gasteiger partial charge in [0.2, 0.25) is 5.91 Å². The number of nitrogens with zero attached hydrogens (tertiary/aromatic N) is 3. The summed E-state index contributed by atoms with van der Waals surface area (Å²) in [7, 11) is 1.86. The lowest BCUT2D eigenvalue weighted by molar-refractivity contribution is -0.139. The molecule has 6 heteroatoms. The fourth-order valence-corrected chi connectivity index (χ4v) is 4.02. The van der Waals surface area contributed by atoms with Crippen molar-refractivity contribution in [3.8, 4) is 17.0 Å². The average molecular weight is 454 g/mol. The summed E-state index contributed by atoms with van der Waals surface area (Å²) in [5, 5.41) is 1.10. The van der Waals surface area contributed by atoms with E-state index in [1.807, 2.05) is 56.4 Å². The molecule has 1 aliphatic heterocycles. The number of fused-ring (bicyclic) bond motifs is 1. The number of aromatic nitrogens is 1. The van der Waals surface area contributed by atoms with Crippen LogP contribution in [0.25, 0.3) is 22.2 Å². The minimum absolute atomic E-state index is 0.0921. The number of piperazine rings is 1. The van der Waals surface area contributed by atoms with Crippen molar-refractivity contribution in [1.82, 2.24) is 14.8 Å². The summed E-state index contributed by atoms with van der Waals surface area (Å²) in [5.74, 6) is 0.987. The van der Waals surface area contributed by atoms with Crippen LogP contribution >= 0.6 is 15.9 Å². The van der Waals surface area contributed by atoms with Gasteiger partial charge < -0.3 is 9.64 Å². The molecule has 5 nitrogen and oxygen atoms in total. The summed E-state index contributed by atoms with van der Waals surface area (Å²) in [4.78, 5) is 20.9. The van der Waals surface area contributed by atoms with Crippen molar-refractivity contribution in [2.75, 3.05) is 33.3 Å². The molecule has 0 saturated carbocycles. The van der Waals surface area contributed by atoms with Crippen LogP contribution in [0.5, 0.6) is 5.75 Å². The molecule has 1 aliphatic rings. The highest BCUT2D eigenvalue weighted by Gasteiger charge is 2.28. The zero-order chi connectivity index (χ0) is 20.4. The van der Waals surface area contributed by atoms with Gasteiger partial charge in [-0.05, 0) is 43.3 Å². The third-order valence-corrected chi connectivity index (χ3v) is 5.93. The number of hydrogen-bond acceptors (Lipinski definition) is 4. The Bertz CT molecular complexity index is 1040. The van der Waals surface area contributed by atoms with Crippen LogP contribution in [0, 0.1) is 0 Å². The molecule has 29 heavy (non-hydrogen) atoms. The third kappa shape index (κ3) is 4.43. The second-order valence-electron chi connectivity index (χ2n) is 7.38. The van der Waals surface area contributed by atoms with Crippen molar-refractivity contribution in [1.29, 1.82) is 0 Å². The van der Waals surface area contributed by atoms with E-state index in [9.17, 15) is 4.79 Å². The molecule has 3 aromatic rings. The van der Waals surface area contributed by atoms with Crippen molar-refractivity contribution in [2.45, 2.75) is 13.0 Å². The molecular formula is C23H24BrN3O2. The number of rotatable bonds is 5. The molecule has 1 saturated heterocycles. The molecule has 4 rings (SSSR count). The van der Waals surface area contributed by atoms with E-state index >= 15 is 0 Å². The van der Waals surface area contributed by atoms with Gasteiger partial charge in [-0.25, -0.2) is 4.98 Å². The number of carbonyl (C=O) groups excluding carboxylic acids is 1. The second kappa shape index (κ2) is 8.51. The molecule has 1 atom stereocenters. The molecule has 2 heterocycles. The molecule has 0 spiro atoms. The molecule has 2 aromatic carbocycles. The Balaban J connectivity index is 1.42. The molecule has 0 radical (unpaired) electrons. The van der Waals surface area contributed by atoms with Crippen LogP contribution in [0.4, 0.5) is 0 Å². The van der Waals surface area contributed by atoms with Crippen LogP contribution < -0.4 is 4.74 Å². The van der Waals surface area contributed by atoms with E-state index in [4.69, 9.17) is 9.72 Å². The SMILES string of the molecule is C[C@@H]1C(=O)N(C)CCN1CCOc1cccc(-c2ccc3cc(Br)ccc3n2)c1. The van der Waals surface area contributed by atoms with Gasteiger partial charge in [-0.2, -0.15) is 0 Å². The van der Waals surface area contributed by atoms with E-state index in [0.717, 1.165) is 52.0 Å². The quantitative estimate of drug-likeness (QED) is 0.580. The highest BCUT2D eigenvalue weighted by molar-refractivity contribution is 9.10. The van der Waals surface area contributed by atoms with Gasteiger partial charge in [-0.15, -0.1) is 0 Å². The maximum Gasteiger partial charge on any atom is 0.239 e. The minimum Gasteiger partial charge on any atom is -0.492 e. The number of pyridine rings is 1. The molecule has 0 N–H and O–H groups in total. The fourth-order valence-electron chi connectivity index (χ4n) is 3.65. The number of benzene rings is 2. The molecule has 1 aromatic heterocycles. The van der Waals surface area contributed by atoms with Gasteiger partial charge in [0.1, 0.15) is 12.4 Å². The maximum atomic E-state index is 12.1. The lowest BCUT2D eigenvalue weighted by atomic mass is 10.1. The van der Waals surface area contributed by atoms with Gasteiger partial charge in [0.15, 0.2) is 0 Å². The first-order chi connectivity index (χ1) is 14.0. The van der Waals surface area contributed by atoms with E-state index in [2.05, 4.69) is 33.0 Å². The Labute approximate surface area is 179 Å². The molecule has 0 bridgehead atoms. The summed E-state index contributed by atoms with van der Waals surface area (Å²) in [6, 6.07) is 18.1. The largest absolute Gasteiger partial charge is 0.492 e. The van der Waals surface area contributed by atoms with Gasteiger partial charge in [0, 0.05) is 42.1 Å². The standard InChI is InChI=1S/C23H24BrN3O2/c1-16-23(28)26(2)10-11-27(16)12-13-29-20-5-3-4-17(15-20)21-8-6-18-14-19(24)7-9-22(18)25-21/h3-9,14-16H,10-13H2,1-2H3/t16-/m1/s1. The van der Waals surface area contributed by atoms with Gasteiger partial charge in [-0.1, -0.05) is 34.1 Å². The van der Waals surface area contributed by atoms with Gasteiger partial charge >= 0.3 is 0 Å². The van der Waals surface area contributed by atoms with Crippen LogP contribution in [0.15, 0.2) is 59.1 Å². The van der Waals surface area contributed by atoms with Crippen molar-refractivity contribution in [3.05, 3.63) is 59.1 Å². The number of amides is 1. The first-order valence-corrected chi connectivity index (χ1v) is 10.6. The topological polar surface area (TPSA) is 45.7 Å². The van der Waals surface area contributed by atoms with E-state index in [1.54, 1.807) is 4.90 Å². The Morgan fingerprint density at radius 2 is 2.00 bits per heavy atom. The number of carbonyl (C=O) groups is 1. The average Bonchev–Trinajstić information content (AvgIpc) is 2.73. The van der Waals surface area contributed by atoms with Crippen molar-refractivity contribution < 1.29 is 9.53 Å². The number of ether oxygens (including phenoxy) is 1. The summed E-state index contributed by atoms with van der Waals surface area (Å²) in [5.41, 5.74) is 2.91. The first-order valence-electron chi connectivity index (χ1n) is 9.80. The highest BCUT2D eigenvalue weighted by Crippen LogP contribution is 2.26. The smallest absolute Gasteiger partial charge is 0.239 e. The minimum atomic E-state index is -0.0921. The fraction of sp³-hybridized carbons (Fsp3) is 0.304. The molecule has 1 fully saturated rings. The Morgan fingerprint density at radius 1 is 1.14 bits per heavy atom. The maximum absolute atomic E-state index is 12.1. The summed E-state index contributed by atoms with van der Waals surface area (Å²) in [6.45, 7) is 4.88. The van der Waals surface area contributed by atoms with Gasteiger partial charge in [0.05, 0.1) is 17.3 Å². The monoisotopic (exact) mass is 453 g/mol. The van der Waals surface area contributed by atoms with Crippen LogP contribution in [0.2, 0.25) is 0 Å². The highest BCUT2D eigenvalue weighted by atomic mass is 79.9. The molecular weight excluding hydrogens is 430 g/mol. The molecule has 0 unspecified atom stereocenters. The van der Waals surface area contributed by atoms with Crippen molar-refractivity contribution in [3.63, 3.8) is 0 Å². The first kappa shape index (κ1) is 19.9. The lowest BCUT2D eigenvalue weighted by Gasteiger charge is -2.37. The summed E-state index contributed by atoms with van der Waals surface area (Å²) in [6.07, 6.45) is 0. The van der Waals surface area contributed by atoms with E-state index in [1.165, 1.54) is 0 Å². The normalized spacial score (nSPS) is 17.7. The van der Waals surface area contributed by atoms with Crippen molar-refractivity contribution >= 4 is 32.7 Å². The zero-order valence-electron chi connectivity index (χ0n) is 16.6. The Kier molecular flexibility index (Phi) is 5.83. The summed E-state index contributed by atoms with van der Waals surface area (Å²) >= 11 is 3.50. The zero-order valence-corrected chi connectivity index (χ0v) is 18.2. The van der Waals surface area contributed by atoms with E-state index < -0.39 is 0 Å². The van der Waals surface area contributed by atoms with E-state index in [-0.39, 0.29) is 11.9 Å². The van der Waals surface area contributed by atoms with Crippen molar-refractivity contribution in [2.24, 2.45) is 0 Å².